The molecule has 0 bridgehead atoms. The molecular weight excluding hydrogens is 276 g/mol. The van der Waals surface area contributed by atoms with Gasteiger partial charge in [-0.05, 0) is 12.5 Å². The van der Waals surface area contributed by atoms with Gasteiger partial charge in [-0.25, -0.2) is 5.48 Å². The number of piperidine rings is 1. The second-order valence-electron chi connectivity index (χ2n) is 4.90. The Bertz CT molecular complexity index is 482. The number of aliphatic hydroxyl groups is 1. The fourth-order valence-corrected chi connectivity index (χ4v) is 2.37. The summed E-state index contributed by atoms with van der Waals surface area (Å²) in [7, 11) is 1.58. The third-order valence-electron chi connectivity index (χ3n) is 3.52. The number of nitrogens with one attached hydrogen (secondary N) is 1. The maximum Gasteiger partial charge on any atom is 0.263 e. The van der Waals surface area contributed by atoms with Gasteiger partial charge in [-0.2, -0.15) is 5.06 Å². The van der Waals surface area contributed by atoms with E-state index in [1.807, 2.05) is 24.3 Å². The van der Waals surface area contributed by atoms with Crippen molar-refractivity contribution in [3.63, 3.8) is 0 Å². The summed E-state index contributed by atoms with van der Waals surface area (Å²) in [6.07, 6.45) is 0.165. The van der Waals surface area contributed by atoms with Crippen molar-refractivity contribution in [3.05, 3.63) is 29.8 Å². The summed E-state index contributed by atoms with van der Waals surface area (Å²) < 4.78 is 5.24. The van der Waals surface area contributed by atoms with Gasteiger partial charge in [0.25, 0.3) is 5.91 Å². The van der Waals surface area contributed by atoms with Gasteiger partial charge < -0.3 is 9.84 Å². The molecule has 1 aromatic rings. The Morgan fingerprint density at radius 2 is 2.24 bits per heavy atom. The molecule has 0 aliphatic carbocycles. The van der Waals surface area contributed by atoms with E-state index in [-0.39, 0.29) is 13.0 Å². The van der Waals surface area contributed by atoms with E-state index in [2.05, 4.69) is 0 Å². The monoisotopic (exact) mass is 296 g/mol. The third-order valence-corrected chi connectivity index (χ3v) is 3.52. The minimum absolute atomic E-state index is 0.221. The normalized spacial score (nSPS) is 22.8. The summed E-state index contributed by atoms with van der Waals surface area (Å²) in [6.45, 7) is 0.656. The number of ether oxygens (including phenoxy) is 1. The van der Waals surface area contributed by atoms with Gasteiger partial charge in [-0.3, -0.25) is 14.8 Å². The van der Waals surface area contributed by atoms with Crippen LogP contribution in [0.2, 0.25) is 0 Å². The predicted octanol–water partition coefficient (Wildman–Crippen LogP) is 0.457. The highest BCUT2D eigenvalue weighted by molar-refractivity contribution is 5.80. The average Bonchev–Trinajstić information content (AvgIpc) is 2.53. The molecule has 2 rings (SSSR count). The van der Waals surface area contributed by atoms with Crippen LogP contribution in [0.5, 0.6) is 5.75 Å². The number of nitrogens with zero attached hydrogens (tertiary/aromatic N) is 1. The van der Waals surface area contributed by atoms with Gasteiger partial charge in [-0.1, -0.05) is 18.2 Å². The van der Waals surface area contributed by atoms with Crippen molar-refractivity contribution in [2.24, 2.45) is 0 Å². The number of methoxy groups -OCH3 is 1. The van der Waals surface area contributed by atoms with Gasteiger partial charge >= 0.3 is 0 Å². The lowest BCUT2D eigenvalue weighted by molar-refractivity contribution is -0.220. The number of benzene rings is 1. The Morgan fingerprint density at radius 3 is 2.95 bits per heavy atom. The number of carbonyl (C=O) groups is 1. The van der Waals surface area contributed by atoms with E-state index in [1.54, 1.807) is 12.6 Å². The van der Waals surface area contributed by atoms with Crippen LogP contribution in [0.1, 0.15) is 18.4 Å². The number of para-hydroxylation sites is 1. The molecule has 1 saturated heterocycles. The van der Waals surface area contributed by atoms with Crippen LogP contribution in [-0.2, 0) is 16.2 Å². The fourth-order valence-electron chi connectivity index (χ4n) is 2.37. The molecule has 2 atom stereocenters. The van der Waals surface area contributed by atoms with Crippen molar-refractivity contribution in [1.82, 2.24) is 10.5 Å². The van der Waals surface area contributed by atoms with Crippen LogP contribution in [0.15, 0.2) is 24.3 Å². The standard InChI is InChI=1S/C14H20N2O5/c1-20-13-5-3-2-4-10(13)9-21-16-7-6-11(17)8-12(16)14(18)15-19/h2-5,11-12,17,19H,6-9H2,1H3,(H,15,18)/t11-,12+/m0/s1. The van der Waals surface area contributed by atoms with Gasteiger partial charge in [0, 0.05) is 18.5 Å². The van der Waals surface area contributed by atoms with Crippen molar-refractivity contribution in [2.75, 3.05) is 13.7 Å². The summed E-state index contributed by atoms with van der Waals surface area (Å²) in [6, 6.07) is 6.73. The summed E-state index contributed by atoms with van der Waals surface area (Å²) >= 11 is 0. The van der Waals surface area contributed by atoms with E-state index in [4.69, 9.17) is 14.8 Å². The molecule has 3 N–H and O–H groups in total. The maximum absolute atomic E-state index is 11.6. The smallest absolute Gasteiger partial charge is 0.263 e. The van der Waals surface area contributed by atoms with E-state index in [0.717, 1.165) is 5.56 Å². The maximum atomic E-state index is 11.6. The number of amides is 1. The molecule has 1 aromatic carbocycles. The minimum atomic E-state index is -0.714. The van der Waals surface area contributed by atoms with Crippen LogP contribution < -0.4 is 10.2 Å². The van der Waals surface area contributed by atoms with Crippen molar-refractivity contribution < 1.29 is 24.7 Å². The van der Waals surface area contributed by atoms with Crippen molar-refractivity contribution >= 4 is 5.91 Å². The molecule has 0 aromatic heterocycles. The quantitative estimate of drug-likeness (QED) is 0.540. The summed E-state index contributed by atoms with van der Waals surface area (Å²) in [5, 5.41) is 19.9. The fraction of sp³-hybridized carbons (Fsp3) is 0.500. The molecule has 1 heterocycles. The lowest BCUT2D eigenvalue weighted by Gasteiger charge is -2.35. The molecule has 7 nitrogen and oxygen atoms in total. The number of hydrogen-bond acceptors (Lipinski definition) is 6. The summed E-state index contributed by atoms with van der Waals surface area (Å²) in [5.74, 6) is 0.117. The Balaban J connectivity index is 2.01. The van der Waals surface area contributed by atoms with Crippen LogP contribution in [0.25, 0.3) is 0 Å². The highest BCUT2D eigenvalue weighted by Crippen LogP contribution is 2.22. The zero-order valence-electron chi connectivity index (χ0n) is 11.9. The first-order chi connectivity index (χ1) is 10.2. The highest BCUT2D eigenvalue weighted by Gasteiger charge is 2.33. The first-order valence-electron chi connectivity index (χ1n) is 6.79. The Hall–Kier alpha value is -1.67. The van der Waals surface area contributed by atoms with Gasteiger partial charge in [-0.15, -0.1) is 0 Å². The van der Waals surface area contributed by atoms with Crippen LogP contribution in [-0.4, -0.2) is 47.1 Å². The molecule has 0 radical (unpaired) electrons. The van der Waals surface area contributed by atoms with Crippen molar-refractivity contribution in [3.8, 4) is 5.75 Å². The van der Waals surface area contributed by atoms with E-state index in [9.17, 15) is 9.90 Å². The highest BCUT2D eigenvalue weighted by atomic mass is 16.7. The first-order valence-corrected chi connectivity index (χ1v) is 6.79. The van der Waals surface area contributed by atoms with Gasteiger partial charge in [0.05, 0.1) is 19.8 Å². The molecule has 1 aliphatic heterocycles. The topological polar surface area (TPSA) is 91.3 Å². The number of aliphatic hydroxyl groups excluding tert-OH is 1. The second-order valence-corrected chi connectivity index (χ2v) is 4.90. The Morgan fingerprint density at radius 1 is 1.48 bits per heavy atom. The largest absolute Gasteiger partial charge is 0.496 e. The molecular formula is C14H20N2O5. The molecule has 7 heteroatoms. The summed E-state index contributed by atoms with van der Waals surface area (Å²) in [5.41, 5.74) is 2.47. The molecule has 1 aliphatic rings. The van der Waals surface area contributed by atoms with Gasteiger partial charge in [0.2, 0.25) is 0 Å². The number of carbonyl (C=O) groups excluding carboxylic acids is 1. The molecule has 21 heavy (non-hydrogen) atoms. The predicted molar refractivity (Wildman–Crippen MR) is 73.4 cm³/mol. The molecule has 0 saturated carbocycles. The summed E-state index contributed by atoms with van der Waals surface area (Å²) in [4.78, 5) is 17.3. The number of hydrogen-bond donors (Lipinski definition) is 3. The molecule has 1 fully saturated rings. The van der Waals surface area contributed by atoms with E-state index in [0.29, 0.717) is 18.7 Å². The van der Waals surface area contributed by atoms with Crippen LogP contribution in [0, 0.1) is 0 Å². The van der Waals surface area contributed by atoms with Gasteiger partial charge in [0.15, 0.2) is 0 Å². The van der Waals surface area contributed by atoms with E-state index < -0.39 is 18.1 Å². The lowest BCUT2D eigenvalue weighted by Crippen LogP contribution is -2.51. The zero-order valence-corrected chi connectivity index (χ0v) is 11.9. The minimum Gasteiger partial charge on any atom is -0.496 e. The number of rotatable bonds is 5. The average molecular weight is 296 g/mol. The second kappa shape index (κ2) is 7.37. The van der Waals surface area contributed by atoms with Crippen LogP contribution >= 0.6 is 0 Å². The van der Waals surface area contributed by atoms with Crippen LogP contribution in [0.3, 0.4) is 0 Å². The molecule has 116 valence electrons. The molecule has 0 spiro atoms. The Labute approximate surface area is 123 Å². The van der Waals surface area contributed by atoms with Gasteiger partial charge in [0.1, 0.15) is 11.8 Å². The third kappa shape index (κ3) is 3.92. The number of hydroxylamine groups is 3. The molecule has 1 amide bonds. The lowest BCUT2D eigenvalue weighted by atomic mass is 10.0. The Kier molecular flexibility index (Phi) is 5.51. The van der Waals surface area contributed by atoms with E-state index >= 15 is 0 Å². The first kappa shape index (κ1) is 15.7. The zero-order chi connectivity index (χ0) is 15.2. The van der Waals surface area contributed by atoms with E-state index in [1.165, 1.54) is 5.06 Å². The van der Waals surface area contributed by atoms with Crippen molar-refractivity contribution in [1.29, 1.82) is 0 Å². The van der Waals surface area contributed by atoms with Crippen molar-refractivity contribution in [2.45, 2.75) is 31.6 Å². The molecule has 0 unspecified atom stereocenters. The van der Waals surface area contributed by atoms with Crippen LogP contribution in [0.4, 0.5) is 0 Å². The SMILES string of the molecule is COc1ccccc1CON1CC[C@H](O)C[C@@H]1C(=O)NO.